The van der Waals surface area contributed by atoms with Crippen LogP contribution in [0.3, 0.4) is 0 Å². The van der Waals surface area contributed by atoms with Crippen molar-refractivity contribution in [3.05, 3.63) is 81.2 Å². The number of anilines is 1. The Labute approximate surface area is 207 Å². The molecule has 2 aromatic carbocycles. The maximum atomic E-state index is 13.5. The van der Waals surface area contributed by atoms with Crippen molar-refractivity contribution in [1.29, 1.82) is 0 Å². The van der Waals surface area contributed by atoms with Gasteiger partial charge in [0.15, 0.2) is 10.8 Å². The van der Waals surface area contributed by atoms with Crippen LogP contribution in [0.15, 0.2) is 59.4 Å². The lowest BCUT2D eigenvalue weighted by molar-refractivity contribution is -0.118. The van der Waals surface area contributed by atoms with E-state index in [1.54, 1.807) is 34.9 Å². The quantitative estimate of drug-likeness (QED) is 0.330. The number of benzene rings is 2. The summed E-state index contributed by atoms with van der Waals surface area (Å²) in [5.41, 5.74) is 2.77. The summed E-state index contributed by atoms with van der Waals surface area (Å²) in [5.74, 6) is -0.657. The van der Waals surface area contributed by atoms with Gasteiger partial charge in [-0.15, -0.1) is 11.3 Å². The van der Waals surface area contributed by atoms with Gasteiger partial charge in [-0.05, 0) is 38.0 Å². The van der Waals surface area contributed by atoms with Gasteiger partial charge in [0.25, 0.3) is 0 Å². The topological polar surface area (TPSA) is 86.4 Å². The second kappa shape index (κ2) is 10.7. The summed E-state index contributed by atoms with van der Waals surface area (Å²) in [5, 5.41) is 0.455. The third-order valence-electron chi connectivity index (χ3n) is 5.85. The lowest BCUT2D eigenvalue weighted by atomic mass is 10.1. The first-order valence-corrected chi connectivity index (χ1v) is 12.4. The Hall–Kier alpha value is -3.72. The van der Waals surface area contributed by atoms with E-state index in [0.29, 0.717) is 23.0 Å². The standard InChI is InChI=1S/C26H28N4O4S/c1-4-34-24(32)23-18(2)35-25(27-23)30(16-14-19-10-6-5-7-11-19)22(31)15-17-29-21-13-9-8-12-20(21)28(3)26(29)33/h5-13H,4,14-17H2,1-3H3. The van der Waals surface area contributed by atoms with E-state index in [0.717, 1.165) is 16.6 Å². The maximum absolute atomic E-state index is 13.5. The van der Waals surface area contributed by atoms with Gasteiger partial charge >= 0.3 is 11.7 Å². The van der Waals surface area contributed by atoms with Crippen molar-refractivity contribution in [3.8, 4) is 0 Å². The number of nitrogens with zero attached hydrogens (tertiary/aromatic N) is 4. The number of hydrogen-bond acceptors (Lipinski definition) is 6. The first kappa shape index (κ1) is 24.4. The van der Waals surface area contributed by atoms with Crippen LogP contribution in [0.4, 0.5) is 5.13 Å². The number of hydrogen-bond donors (Lipinski definition) is 0. The summed E-state index contributed by atoms with van der Waals surface area (Å²) in [7, 11) is 1.73. The molecule has 2 heterocycles. The summed E-state index contributed by atoms with van der Waals surface area (Å²) >= 11 is 1.29. The molecule has 4 aromatic rings. The Morgan fingerprint density at radius 3 is 2.46 bits per heavy atom. The van der Waals surface area contributed by atoms with Crippen LogP contribution in [0, 0.1) is 6.92 Å². The lowest BCUT2D eigenvalue weighted by Gasteiger charge is -2.20. The van der Waals surface area contributed by atoms with E-state index in [1.807, 2.05) is 54.6 Å². The number of thiazole rings is 1. The van der Waals surface area contributed by atoms with E-state index in [9.17, 15) is 14.4 Å². The molecule has 1 amide bonds. The molecule has 0 radical (unpaired) electrons. The number of fused-ring (bicyclic) bond motifs is 1. The lowest BCUT2D eigenvalue weighted by Crippen LogP contribution is -2.34. The number of ether oxygens (including phenoxy) is 1. The zero-order chi connectivity index (χ0) is 24.9. The molecule has 0 aliphatic heterocycles. The van der Waals surface area contributed by atoms with E-state index >= 15 is 0 Å². The molecule has 8 nitrogen and oxygen atoms in total. The number of esters is 1. The van der Waals surface area contributed by atoms with Crippen LogP contribution in [-0.4, -0.2) is 39.1 Å². The molecule has 0 aliphatic rings. The van der Waals surface area contributed by atoms with E-state index < -0.39 is 5.97 Å². The van der Waals surface area contributed by atoms with Gasteiger partial charge in [-0.25, -0.2) is 14.6 Å². The Morgan fingerprint density at radius 2 is 1.74 bits per heavy atom. The van der Waals surface area contributed by atoms with Gasteiger partial charge < -0.3 is 4.74 Å². The van der Waals surface area contributed by atoms with Crippen molar-refractivity contribution < 1.29 is 14.3 Å². The Balaban J connectivity index is 1.59. The molecule has 4 rings (SSSR count). The summed E-state index contributed by atoms with van der Waals surface area (Å²) < 4.78 is 8.33. The molecule has 0 saturated heterocycles. The van der Waals surface area contributed by atoms with Crippen molar-refractivity contribution in [2.24, 2.45) is 7.05 Å². The predicted octanol–water partition coefficient (Wildman–Crippen LogP) is 3.95. The molecule has 0 atom stereocenters. The number of carbonyl (C=O) groups excluding carboxylic acids is 2. The molecule has 0 bridgehead atoms. The number of aromatic nitrogens is 3. The molecule has 0 N–H and O–H groups in total. The van der Waals surface area contributed by atoms with Gasteiger partial charge in [0, 0.05) is 31.4 Å². The van der Waals surface area contributed by atoms with Gasteiger partial charge in [0.1, 0.15) is 0 Å². The highest BCUT2D eigenvalue weighted by Gasteiger charge is 2.24. The second-order valence-corrected chi connectivity index (χ2v) is 9.32. The largest absolute Gasteiger partial charge is 0.461 e. The second-order valence-electron chi connectivity index (χ2n) is 8.13. The number of para-hydroxylation sites is 2. The molecule has 182 valence electrons. The minimum absolute atomic E-state index is 0.121. The highest BCUT2D eigenvalue weighted by atomic mass is 32.1. The number of amides is 1. The molecule has 9 heteroatoms. The van der Waals surface area contributed by atoms with Crippen molar-refractivity contribution in [1.82, 2.24) is 14.1 Å². The zero-order valence-electron chi connectivity index (χ0n) is 20.1. The first-order chi connectivity index (χ1) is 16.9. The fraction of sp³-hybridized carbons (Fsp3) is 0.308. The van der Waals surface area contributed by atoms with Crippen LogP contribution in [0.1, 0.15) is 34.3 Å². The maximum Gasteiger partial charge on any atom is 0.358 e. The normalized spacial score (nSPS) is 11.1. The summed E-state index contributed by atoms with van der Waals surface area (Å²) in [4.78, 5) is 45.3. The Kier molecular flexibility index (Phi) is 7.45. The zero-order valence-corrected chi connectivity index (χ0v) is 20.9. The molecule has 0 spiro atoms. The summed E-state index contributed by atoms with van der Waals surface area (Å²) in [6.45, 7) is 4.44. The fourth-order valence-corrected chi connectivity index (χ4v) is 4.96. The van der Waals surface area contributed by atoms with Crippen molar-refractivity contribution in [2.75, 3.05) is 18.1 Å². The van der Waals surface area contributed by atoms with E-state index in [2.05, 4.69) is 4.98 Å². The highest BCUT2D eigenvalue weighted by molar-refractivity contribution is 7.16. The molecular weight excluding hydrogens is 464 g/mol. The van der Waals surface area contributed by atoms with Crippen molar-refractivity contribution in [2.45, 2.75) is 33.2 Å². The molecule has 0 aliphatic carbocycles. The highest BCUT2D eigenvalue weighted by Crippen LogP contribution is 2.27. The molecule has 35 heavy (non-hydrogen) atoms. The summed E-state index contributed by atoms with van der Waals surface area (Å²) in [6, 6.07) is 17.4. The third kappa shape index (κ3) is 5.19. The van der Waals surface area contributed by atoms with Gasteiger partial charge in [-0.1, -0.05) is 42.5 Å². The van der Waals surface area contributed by atoms with Gasteiger partial charge in [-0.2, -0.15) is 0 Å². The van der Waals surface area contributed by atoms with Gasteiger partial charge in [-0.3, -0.25) is 18.8 Å². The van der Waals surface area contributed by atoms with Crippen LogP contribution in [-0.2, 0) is 29.5 Å². The van der Waals surface area contributed by atoms with Crippen LogP contribution >= 0.6 is 11.3 Å². The minimum Gasteiger partial charge on any atom is -0.461 e. The van der Waals surface area contributed by atoms with E-state index in [-0.39, 0.29) is 36.9 Å². The van der Waals surface area contributed by atoms with Crippen molar-refractivity contribution in [3.63, 3.8) is 0 Å². The minimum atomic E-state index is -0.495. The van der Waals surface area contributed by atoms with Crippen LogP contribution in [0.5, 0.6) is 0 Å². The molecule has 0 saturated carbocycles. The number of carbonyl (C=O) groups is 2. The average molecular weight is 493 g/mol. The van der Waals surface area contributed by atoms with Crippen LogP contribution in [0.25, 0.3) is 11.0 Å². The smallest absolute Gasteiger partial charge is 0.358 e. The average Bonchev–Trinajstić information content (AvgIpc) is 3.36. The molecule has 0 fully saturated rings. The van der Waals surface area contributed by atoms with E-state index in [4.69, 9.17) is 4.74 Å². The SMILES string of the molecule is CCOC(=O)c1nc(N(CCc2ccccc2)C(=O)CCn2c(=O)n(C)c3ccccc32)sc1C. The third-order valence-corrected chi connectivity index (χ3v) is 6.85. The van der Waals surface area contributed by atoms with Gasteiger partial charge in [0.2, 0.25) is 5.91 Å². The first-order valence-electron chi connectivity index (χ1n) is 11.5. The summed E-state index contributed by atoms with van der Waals surface area (Å²) in [6.07, 6.45) is 0.754. The number of imidazole rings is 1. The fourth-order valence-electron chi connectivity index (χ4n) is 4.02. The molecular formula is C26H28N4O4S. The Morgan fingerprint density at radius 1 is 1.06 bits per heavy atom. The van der Waals surface area contributed by atoms with E-state index in [1.165, 1.54) is 11.3 Å². The van der Waals surface area contributed by atoms with Crippen molar-refractivity contribution >= 4 is 39.4 Å². The van der Waals surface area contributed by atoms with Crippen LogP contribution in [0.2, 0.25) is 0 Å². The number of rotatable bonds is 9. The monoisotopic (exact) mass is 492 g/mol. The number of aryl methyl sites for hydroxylation is 3. The molecule has 0 unspecified atom stereocenters. The Bertz CT molecular complexity index is 1400. The predicted molar refractivity (Wildman–Crippen MR) is 137 cm³/mol. The van der Waals surface area contributed by atoms with Crippen LogP contribution < -0.4 is 10.6 Å². The van der Waals surface area contributed by atoms with Gasteiger partial charge in [0.05, 0.1) is 17.6 Å². The molecule has 2 aromatic heterocycles.